The van der Waals surface area contributed by atoms with Crippen LogP contribution in [0.25, 0.3) is 0 Å². The molecular formula is C13H20N2OS. The Morgan fingerprint density at radius 3 is 2.65 bits per heavy atom. The van der Waals surface area contributed by atoms with E-state index in [1.165, 1.54) is 24.2 Å². The lowest BCUT2D eigenvalue weighted by Crippen LogP contribution is -2.38. The molecule has 3 nitrogen and oxygen atoms in total. The molecule has 1 aliphatic carbocycles. The minimum absolute atomic E-state index is 0.00648. The quantitative estimate of drug-likeness (QED) is 0.898. The first-order chi connectivity index (χ1) is 8.16. The summed E-state index contributed by atoms with van der Waals surface area (Å²) in [4.78, 5) is 15.9. The number of aromatic nitrogens is 1. The van der Waals surface area contributed by atoms with Gasteiger partial charge in [-0.2, -0.15) is 0 Å². The van der Waals surface area contributed by atoms with E-state index in [4.69, 9.17) is 0 Å². The average molecular weight is 252 g/mol. The third-order valence-electron chi connectivity index (χ3n) is 3.68. The van der Waals surface area contributed by atoms with Gasteiger partial charge in [0.15, 0.2) is 5.01 Å². The molecular weight excluding hydrogens is 232 g/mol. The highest BCUT2D eigenvalue weighted by Crippen LogP contribution is 2.29. The highest BCUT2D eigenvalue weighted by molar-refractivity contribution is 7.11. The Morgan fingerprint density at radius 1 is 1.41 bits per heavy atom. The van der Waals surface area contributed by atoms with Crippen molar-refractivity contribution >= 4 is 17.2 Å². The molecule has 1 fully saturated rings. The maximum Gasteiger partial charge on any atom is 0.280 e. The summed E-state index contributed by atoms with van der Waals surface area (Å²) in [5, 5.41) is 5.51. The normalized spacial score (nSPS) is 24.9. The van der Waals surface area contributed by atoms with Crippen molar-refractivity contribution in [3.63, 3.8) is 0 Å². The highest BCUT2D eigenvalue weighted by atomic mass is 32.1. The van der Waals surface area contributed by atoms with Crippen LogP contribution in [0.15, 0.2) is 11.6 Å². The van der Waals surface area contributed by atoms with Crippen LogP contribution in [-0.2, 0) is 0 Å². The Morgan fingerprint density at radius 2 is 2.12 bits per heavy atom. The van der Waals surface area contributed by atoms with Crippen LogP contribution in [0.2, 0.25) is 0 Å². The Labute approximate surface area is 107 Å². The zero-order valence-corrected chi connectivity index (χ0v) is 11.3. The summed E-state index contributed by atoms with van der Waals surface area (Å²) in [6.45, 7) is 4.58. The maximum absolute atomic E-state index is 11.8. The van der Waals surface area contributed by atoms with Crippen molar-refractivity contribution in [1.29, 1.82) is 0 Å². The third kappa shape index (κ3) is 3.28. The van der Waals surface area contributed by atoms with E-state index in [0.29, 0.717) is 11.0 Å². The van der Waals surface area contributed by atoms with Gasteiger partial charge in [-0.3, -0.25) is 4.79 Å². The second-order valence-corrected chi connectivity index (χ2v) is 6.06. The smallest absolute Gasteiger partial charge is 0.280 e. The number of carbonyl (C=O) groups excluding carboxylic acids is 1. The average Bonchev–Trinajstić information content (AvgIpc) is 2.83. The van der Waals surface area contributed by atoms with Gasteiger partial charge in [-0.25, -0.2) is 4.98 Å². The Bertz CT molecular complexity index is 354. The van der Waals surface area contributed by atoms with Crippen molar-refractivity contribution in [3.05, 3.63) is 16.6 Å². The summed E-state index contributed by atoms with van der Waals surface area (Å²) in [6, 6.07) is 0.349. The zero-order valence-electron chi connectivity index (χ0n) is 10.5. The summed E-state index contributed by atoms with van der Waals surface area (Å²) in [5.74, 6) is 1.60. The van der Waals surface area contributed by atoms with Gasteiger partial charge >= 0.3 is 0 Å². The van der Waals surface area contributed by atoms with Crippen LogP contribution in [0.1, 0.15) is 49.3 Å². The molecule has 0 radical (unpaired) electrons. The van der Waals surface area contributed by atoms with Crippen molar-refractivity contribution < 1.29 is 4.79 Å². The number of hydrogen-bond donors (Lipinski definition) is 1. The van der Waals surface area contributed by atoms with Crippen LogP contribution in [-0.4, -0.2) is 16.9 Å². The van der Waals surface area contributed by atoms with Gasteiger partial charge in [-0.15, -0.1) is 11.3 Å². The lowest BCUT2D eigenvalue weighted by Gasteiger charge is -2.31. The molecule has 0 atom stereocenters. The fourth-order valence-corrected chi connectivity index (χ4v) is 3.05. The first kappa shape index (κ1) is 12.6. The van der Waals surface area contributed by atoms with Crippen LogP contribution in [0.5, 0.6) is 0 Å². The van der Waals surface area contributed by atoms with E-state index >= 15 is 0 Å². The molecule has 1 heterocycles. The van der Waals surface area contributed by atoms with Gasteiger partial charge in [-0.05, 0) is 37.5 Å². The predicted molar refractivity (Wildman–Crippen MR) is 70.2 cm³/mol. The van der Waals surface area contributed by atoms with E-state index in [-0.39, 0.29) is 5.91 Å². The molecule has 1 N–H and O–H groups in total. The summed E-state index contributed by atoms with van der Waals surface area (Å²) < 4.78 is 0. The molecule has 94 valence electrons. The SMILES string of the molecule is CC(C)C1CCC(NC(=O)c2nccs2)CC1. The number of amides is 1. The molecule has 2 rings (SSSR count). The number of thiazole rings is 1. The van der Waals surface area contributed by atoms with E-state index in [9.17, 15) is 4.79 Å². The van der Waals surface area contributed by atoms with Crippen molar-refractivity contribution in [2.45, 2.75) is 45.6 Å². The van der Waals surface area contributed by atoms with Gasteiger partial charge in [0.05, 0.1) is 0 Å². The van der Waals surface area contributed by atoms with Gasteiger partial charge in [0, 0.05) is 17.6 Å². The summed E-state index contributed by atoms with van der Waals surface area (Å²) >= 11 is 1.40. The van der Waals surface area contributed by atoms with Crippen LogP contribution in [0, 0.1) is 11.8 Å². The molecule has 17 heavy (non-hydrogen) atoms. The molecule has 0 spiro atoms. The van der Waals surface area contributed by atoms with Gasteiger partial charge in [0.2, 0.25) is 0 Å². The van der Waals surface area contributed by atoms with Crippen LogP contribution < -0.4 is 5.32 Å². The molecule has 1 aromatic heterocycles. The number of carbonyl (C=O) groups is 1. The number of nitrogens with zero attached hydrogens (tertiary/aromatic N) is 1. The largest absolute Gasteiger partial charge is 0.347 e. The molecule has 0 bridgehead atoms. The Kier molecular flexibility index (Phi) is 4.15. The van der Waals surface area contributed by atoms with Gasteiger partial charge < -0.3 is 5.32 Å². The molecule has 1 amide bonds. The minimum atomic E-state index is -0.00648. The highest BCUT2D eigenvalue weighted by Gasteiger charge is 2.24. The van der Waals surface area contributed by atoms with E-state index < -0.39 is 0 Å². The third-order valence-corrected chi connectivity index (χ3v) is 4.45. The Balaban J connectivity index is 1.80. The summed E-state index contributed by atoms with van der Waals surface area (Å²) in [5.41, 5.74) is 0. The van der Waals surface area contributed by atoms with Gasteiger partial charge in [0.25, 0.3) is 5.91 Å². The first-order valence-corrected chi connectivity index (χ1v) is 7.25. The summed E-state index contributed by atoms with van der Waals surface area (Å²) in [7, 11) is 0. The molecule has 1 aromatic rings. The number of rotatable bonds is 3. The van der Waals surface area contributed by atoms with Crippen LogP contribution in [0.3, 0.4) is 0 Å². The van der Waals surface area contributed by atoms with E-state index in [1.807, 2.05) is 5.38 Å². The topological polar surface area (TPSA) is 42.0 Å². The fourth-order valence-electron chi connectivity index (χ4n) is 2.51. The Hall–Kier alpha value is -0.900. The molecule has 0 aliphatic heterocycles. The molecule has 0 unspecified atom stereocenters. The van der Waals surface area contributed by atoms with Crippen molar-refractivity contribution in [1.82, 2.24) is 10.3 Å². The maximum atomic E-state index is 11.8. The molecule has 1 saturated carbocycles. The molecule has 4 heteroatoms. The standard InChI is InChI=1S/C13H20N2OS/c1-9(2)10-3-5-11(6-4-10)15-12(16)13-14-7-8-17-13/h7-11H,3-6H2,1-2H3,(H,15,16). The first-order valence-electron chi connectivity index (χ1n) is 6.37. The monoisotopic (exact) mass is 252 g/mol. The fraction of sp³-hybridized carbons (Fsp3) is 0.692. The van der Waals surface area contributed by atoms with E-state index in [2.05, 4.69) is 24.1 Å². The molecule has 1 aliphatic rings. The van der Waals surface area contributed by atoms with Crippen LogP contribution in [0.4, 0.5) is 0 Å². The molecule has 0 aromatic carbocycles. The number of hydrogen-bond acceptors (Lipinski definition) is 3. The van der Waals surface area contributed by atoms with Gasteiger partial charge in [-0.1, -0.05) is 13.8 Å². The van der Waals surface area contributed by atoms with Gasteiger partial charge in [0.1, 0.15) is 0 Å². The van der Waals surface area contributed by atoms with Crippen molar-refractivity contribution in [3.8, 4) is 0 Å². The zero-order chi connectivity index (χ0) is 12.3. The number of nitrogens with one attached hydrogen (secondary N) is 1. The molecule has 0 saturated heterocycles. The minimum Gasteiger partial charge on any atom is -0.347 e. The lowest BCUT2D eigenvalue weighted by molar-refractivity contribution is 0.0917. The van der Waals surface area contributed by atoms with Crippen molar-refractivity contribution in [2.24, 2.45) is 11.8 Å². The van der Waals surface area contributed by atoms with Crippen molar-refractivity contribution in [2.75, 3.05) is 0 Å². The van der Waals surface area contributed by atoms with E-state index in [0.717, 1.165) is 24.7 Å². The summed E-state index contributed by atoms with van der Waals surface area (Å²) in [6.07, 6.45) is 6.37. The second kappa shape index (κ2) is 5.63. The predicted octanol–water partition coefficient (Wildman–Crippen LogP) is 3.09. The second-order valence-electron chi connectivity index (χ2n) is 5.17. The van der Waals surface area contributed by atoms with Crippen LogP contribution >= 0.6 is 11.3 Å². The lowest BCUT2D eigenvalue weighted by atomic mass is 9.80. The van der Waals surface area contributed by atoms with E-state index in [1.54, 1.807) is 6.20 Å².